The van der Waals surface area contributed by atoms with Crippen molar-refractivity contribution in [2.45, 2.75) is 64.8 Å². The first-order valence-corrected chi connectivity index (χ1v) is 17.6. The van der Waals surface area contributed by atoms with E-state index in [9.17, 15) is 18.3 Å². The van der Waals surface area contributed by atoms with Crippen LogP contribution in [0.1, 0.15) is 74.2 Å². The van der Waals surface area contributed by atoms with E-state index in [0.717, 1.165) is 40.6 Å². The van der Waals surface area contributed by atoms with Gasteiger partial charge in [0, 0.05) is 52.7 Å². The van der Waals surface area contributed by atoms with Crippen LogP contribution in [-0.4, -0.2) is 52.6 Å². The number of carboxylic acids is 1. The van der Waals surface area contributed by atoms with Crippen molar-refractivity contribution in [3.8, 4) is 11.5 Å². The molecule has 46 heavy (non-hydrogen) atoms. The van der Waals surface area contributed by atoms with Crippen LogP contribution in [0.2, 0.25) is 0 Å². The highest BCUT2D eigenvalue weighted by Gasteiger charge is 2.32. The third-order valence-corrected chi connectivity index (χ3v) is 10.9. The van der Waals surface area contributed by atoms with Crippen molar-refractivity contribution in [3.05, 3.63) is 94.9 Å². The van der Waals surface area contributed by atoms with Crippen molar-refractivity contribution in [1.82, 2.24) is 4.98 Å². The molecule has 0 radical (unpaired) electrons. The molecular weight excluding hydrogens is 605 g/mol. The van der Waals surface area contributed by atoms with Gasteiger partial charge in [-0.15, -0.1) is 0 Å². The molecule has 240 valence electrons. The lowest BCUT2D eigenvalue weighted by Crippen LogP contribution is -2.27. The van der Waals surface area contributed by atoms with E-state index in [2.05, 4.69) is 17.3 Å². The van der Waals surface area contributed by atoms with Gasteiger partial charge in [0.05, 0.1) is 17.9 Å². The number of H-pyrrole nitrogens is 1. The summed E-state index contributed by atoms with van der Waals surface area (Å²) in [5.74, 6) is -1.05. The average Bonchev–Trinajstić information content (AvgIpc) is 3.68. The van der Waals surface area contributed by atoms with Crippen LogP contribution < -0.4 is 4.74 Å². The van der Waals surface area contributed by atoms with Crippen LogP contribution in [0.5, 0.6) is 11.5 Å². The number of carboxylic acid groups (broad SMARTS) is 1. The average molecular weight is 645 g/mol. The lowest BCUT2D eigenvalue weighted by Gasteiger charge is -2.25. The molecule has 0 saturated carbocycles. The van der Waals surface area contributed by atoms with Gasteiger partial charge in [-0.1, -0.05) is 48.9 Å². The van der Waals surface area contributed by atoms with Crippen molar-refractivity contribution in [1.29, 1.82) is 0 Å². The minimum absolute atomic E-state index is 0.0112. The Hall–Kier alpha value is -4.31. The van der Waals surface area contributed by atoms with Gasteiger partial charge < -0.3 is 14.8 Å². The van der Waals surface area contributed by atoms with E-state index < -0.39 is 27.0 Å². The molecule has 1 aromatic heterocycles. The third-order valence-electron chi connectivity index (χ3n) is 8.85. The number of benzene rings is 3. The Morgan fingerprint density at radius 2 is 1.98 bits per heavy atom. The molecule has 10 heteroatoms. The summed E-state index contributed by atoms with van der Waals surface area (Å²) in [5.41, 5.74) is 4.31. The predicted molar refractivity (Wildman–Crippen MR) is 177 cm³/mol. The predicted octanol–water partition coefficient (Wildman–Crippen LogP) is 7.22. The van der Waals surface area contributed by atoms with Crippen molar-refractivity contribution in [2.75, 3.05) is 11.5 Å². The highest BCUT2D eigenvalue weighted by atomic mass is 32.2. The summed E-state index contributed by atoms with van der Waals surface area (Å²) in [7, 11) is -3.50. The van der Waals surface area contributed by atoms with Gasteiger partial charge >= 0.3 is 5.97 Å². The molecule has 4 bridgehead atoms. The number of aromatic nitrogens is 1. The molecule has 0 amide bonds. The number of carbonyl (C=O) groups is 1. The van der Waals surface area contributed by atoms with E-state index in [4.69, 9.17) is 9.84 Å². The normalized spacial score (nSPS) is 19.7. The maximum Gasteiger partial charge on any atom is 0.303 e. The lowest BCUT2D eigenvalue weighted by atomic mass is 9.87. The summed E-state index contributed by atoms with van der Waals surface area (Å²) in [6.07, 6.45) is 7.16. The van der Waals surface area contributed by atoms with Crippen molar-refractivity contribution in [3.63, 3.8) is 0 Å². The Bertz CT molecular complexity index is 1960. The van der Waals surface area contributed by atoms with Gasteiger partial charge in [-0.25, -0.2) is 12.8 Å². The molecule has 4 aromatic rings. The number of sulfone groups is 1. The molecule has 0 spiro atoms. The molecule has 6 rings (SSSR count). The monoisotopic (exact) mass is 644 g/mol. The van der Waals surface area contributed by atoms with Crippen LogP contribution in [-0.2, 0) is 27.5 Å². The molecule has 1 unspecified atom stereocenters. The Kier molecular flexibility index (Phi) is 8.83. The molecule has 3 aromatic carbocycles. The van der Waals surface area contributed by atoms with Gasteiger partial charge in [-0.3, -0.25) is 4.79 Å². The summed E-state index contributed by atoms with van der Waals surface area (Å²) >= 11 is 0. The number of nitrogens with one attached hydrogen (secondary N) is 1. The van der Waals surface area contributed by atoms with Crippen LogP contribution in [0, 0.1) is 11.2 Å². The number of rotatable bonds is 4. The molecule has 3 heterocycles. The van der Waals surface area contributed by atoms with E-state index in [1.807, 2.05) is 61.0 Å². The molecule has 2 N–H and O–H groups in total. The number of aliphatic carboxylic acids is 1. The summed E-state index contributed by atoms with van der Waals surface area (Å²) < 4.78 is 50.8. The summed E-state index contributed by atoms with van der Waals surface area (Å²) in [4.78, 5) is 14.2. The van der Waals surface area contributed by atoms with Crippen LogP contribution in [0.25, 0.3) is 10.9 Å². The fourth-order valence-electron chi connectivity index (χ4n) is 6.64. The largest absolute Gasteiger partial charge is 0.481 e. The zero-order chi connectivity index (χ0) is 32.5. The summed E-state index contributed by atoms with van der Waals surface area (Å²) in [5, 5.41) is 15.0. The van der Waals surface area contributed by atoms with Gasteiger partial charge in [0.15, 0.2) is 27.6 Å². The van der Waals surface area contributed by atoms with Gasteiger partial charge in [0.2, 0.25) is 6.04 Å². The smallest absolute Gasteiger partial charge is 0.303 e. The SMILES string of the molecule is CC1(C)CCCC(c2cccc(CCC(=O)O)c2)[N+]2=CCC(=N2)c2cccc(c2)Oc2c(F)cc3[nH]ccc3c2CCS(=O)(=O)C1. The number of aryl methyl sites for hydroxylation is 2. The molecular formula is C36H39FN3O5S+. The quantitative estimate of drug-likeness (QED) is 0.228. The number of aromatic amines is 1. The number of ether oxygens (including phenoxy) is 1. The van der Waals surface area contributed by atoms with Crippen molar-refractivity contribution in [2.24, 2.45) is 10.5 Å². The second kappa shape index (κ2) is 12.8. The number of hydrogen-bond acceptors (Lipinski definition) is 5. The number of hydrazone groups is 1. The molecule has 0 aliphatic carbocycles. The van der Waals surface area contributed by atoms with E-state index in [-0.39, 0.29) is 36.1 Å². The second-order valence-electron chi connectivity index (χ2n) is 13.1. The maximum absolute atomic E-state index is 15.6. The lowest BCUT2D eigenvalue weighted by molar-refractivity contribution is -0.572. The standard InChI is InChI=1S/C36H38FN3O5S/c1-36(2)16-5-10-33(26-8-3-6-24(20-26)11-12-34(41)42)40-18-14-31(39-40)25-7-4-9-27(21-25)45-35-29(15-19-46(43,44)23-36)28-13-17-38-32(28)22-30(35)37/h3-4,6-9,13,17-18,20-22,33,38H,5,10-12,14-16,19,23H2,1-2H3/p+1. The summed E-state index contributed by atoms with van der Waals surface area (Å²) in [6.45, 7) is 3.96. The Morgan fingerprint density at radius 3 is 2.80 bits per heavy atom. The number of nitrogens with zero attached hydrogens (tertiary/aromatic N) is 2. The van der Waals surface area contributed by atoms with Crippen LogP contribution in [0.3, 0.4) is 0 Å². The molecule has 0 saturated heterocycles. The van der Waals surface area contributed by atoms with Gasteiger partial charge in [-0.2, -0.15) is 0 Å². The van der Waals surface area contributed by atoms with Crippen molar-refractivity contribution >= 4 is 38.6 Å². The first kappa shape index (κ1) is 31.7. The first-order chi connectivity index (χ1) is 22.0. The first-order valence-electron chi connectivity index (χ1n) is 15.7. The Balaban J connectivity index is 1.40. The molecule has 1 atom stereocenters. The number of halogens is 1. The molecule has 2 aliphatic heterocycles. The maximum atomic E-state index is 15.6. The summed E-state index contributed by atoms with van der Waals surface area (Å²) in [6, 6.07) is 18.5. The highest BCUT2D eigenvalue weighted by Crippen LogP contribution is 2.37. The van der Waals surface area contributed by atoms with Gasteiger partial charge in [-0.05, 0) is 66.0 Å². The minimum Gasteiger partial charge on any atom is -0.481 e. The van der Waals surface area contributed by atoms with E-state index in [0.29, 0.717) is 36.1 Å². The fourth-order valence-corrected chi connectivity index (χ4v) is 8.64. The Labute approximate surface area is 268 Å². The fraction of sp³-hybridized carbons (Fsp3) is 0.361. The second-order valence-corrected chi connectivity index (χ2v) is 15.3. The third kappa shape index (κ3) is 7.22. The zero-order valence-corrected chi connectivity index (χ0v) is 26.9. The molecule has 2 aliphatic rings. The van der Waals surface area contributed by atoms with E-state index >= 15 is 4.39 Å². The van der Waals surface area contributed by atoms with E-state index in [1.165, 1.54) is 6.07 Å². The topological polar surface area (TPSA) is 112 Å². The zero-order valence-electron chi connectivity index (χ0n) is 26.1. The Morgan fingerprint density at radius 1 is 1.15 bits per heavy atom. The van der Waals surface area contributed by atoms with Crippen LogP contribution in [0.15, 0.2) is 72.0 Å². The van der Waals surface area contributed by atoms with E-state index in [1.54, 1.807) is 12.3 Å². The van der Waals surface area contributed by atoms with Crippen LogP contribution in [0.4, 0.5) is 4.39 Å². The minimum atomic E-state index is -3.50. The van der Waals surface area contributed by atoms with Crippen LogP contribution >= 0.6 is 0 Å². The number of fused-ring (bicyclic) bond motifs is 7. The van der Waals surface area contributed by atoms with Gasteiger partial charge in [0.1, 0.15) is 11.5 Å². The van der Waals surface area contributed by atoms with Gasteiger partial charge in [0.25, 0.3) is 0 Å². The van der Waals surface area contributed by atoms with Crippen molar-refractivity contribution < 1.29 is 32.1 Å². The molecule has 8 nitrogen and oxygen atoms in total. The molecule has 0 fully saturated rings. The number of hydrogen-bond donors (Lipinski definition) is 2. The highest BCUT2D eigenvalue weighted by molar-refractivity contribution is 7.91.